The normalized spacial score (nSPS) is 10.8. The van der Waals surface area contributed by atoms with Crippen molar-refractivity contribution in [1.29, 1.82) is 0 Å². The van der Waals surface area contributed by atoms with Gasteiger partial charge in [-0.05, 0) is 35.9 Å². The second-order valence-corrected chi connectivity index (χ2v) is 5.56. The molecule has 3 rings (SSSR count). The van der Waals surface area contributed by atoms with E-state index in [1.165, 1.54) is 0 Å². The van der Waals surface area contributed by atoms with Gasteiger partial charge in [0.15, 0.2) is 0 Å². The number of halogens is 3. The molecule has 1 aromatic heterocycles. The summed E-state index contributed by atoms with van der Waals surface area (Å²) in [5.41, 5.74) is 2.76. The van der Waals surface area contributed by atoms with Crippen molar-refractivity contribution in [3.05, 3.63) is 69.9 Å². The Balaban J connectivity index is 2.02. The molecule has 0 unspecified atom stereocenters. The van der Waals surface area contributed by atoms with Crippen molar-refractivity contribution in [1.82, 2.24) is 9.78 Å². The van der Waals surface area contributed by atoms with Crippen LogP contribution in [0.25, 0.3) is 16.8 Å². The zero-order valence-electron chi connectivity index (χ0n) is 10.2. The van der Waals surface area contributed by atoms with E-state index in [1.54, 1.807) is 23.0 Å². The second-order valence-electron chi connectivity index (χ2n) is 4.28. The fourth-order valence-corrected chi connectivity index (χ4v) is 2.62. The van der Waals surface area contributed by atoms with Crippen molar-refractivity contribution in [3.63, 3.8) is 0 Å². The van der Waals surface area contributed by atoms with Crippen LogP contribution in [0.5, 0.6) is 0 Å². The van der Waals surface area contributed by atoms with Crippen molar-refractivity contribution in [2.45, 2.75) is 0 Å². The summed E-state index contributed by atoms with van der Waals surface area (Å²) in [5.74, 6) is 0. The Morgan fingerprint density at radius 3 is 2.40 bits per heavy atom. The first kappa shape index (κ1) is 13.5. The lowest BCUT2D eigenvalue weighted by atomic mass is 10.1. The van der Waals surface area contributed by atoms with Gasteiger partial charge in [-0.15, -0.1) is 0 Å². The number of hydrogen-bond donors (Lipinski definition) is 0. The van der Waals surface area contributed by atoms with Crippen LogP contribution in [0.1, 0.15) is 0 Å². The molecule has 0 aliphatic carbocycles. The molecule has 2 aromatic carbocycles. The summed E-state index contributed by atoms with van der Waals surface area (Å²) < 4.78 is 1.72. The van der Waals surface area contributed by atoms with E-state index in [9.17, 15) is 0 Å². The SMILES string of the molecule is Clc1cccc(-c2cnn(-c3ccc(Cl)cc3Cl)c2)c1. The smallest absolute Gasteiger partial charge is 0.0833 e. The molecular formula is C15H9Cl3N2. The lowest BCUT2D eigenvalue weighted by molar-refractivity contribution is 0.881. The monoisotopic (exact) mass is 322 g/mol. The molecular weight excluding hydrogens is 315 g/mol. The van der Waals surface area contributed by atoms with Gasteiger partial charge in [-0.25, -0.2) is 4.68 Å². The van der Waals surface area contributed by atoms with Crippen molar-refractivity contribution in [3.8, 4) is 16.8 Å². The van der Waals surface area contributed by atoms with Crippen LogP contribution in [-0.4, -0.2) is 9.78 Å². The largest absolute Gasteiger partial charge is 0.239 e. The molecule has 0 amide bonds. The van der Waals surface area contributed by atoms with Crippen LogP contribution in [0, 0.1) is 0 Å². The predicted molar refractivity (Wildman–Crippen MR) is 84.0 cm³/mol. The number of aromatic nitrogens is 2. The van der Waals surface area contributed by atoms with Gasteiger partial charge in [-0.1, -0.05) is 46.9 Å². The Hall–Kier alpha value is -1.48. The fraction of sp³-hybridized carbons (Fsp3) is 0. The minimum atomic E-state index is 0.554. The highest BCUT2D eigenvalue weighted by molar-refractivity contribution is 6.35. The predicted octanol–water partition coefficient (Wildman–Crippen LogP) is 5.50. The number of rotatable bonds is 2. The van der Waals surface area contributed by atoms with Crippen LogP contribution in [0.2, 0.25) is 15.1 Å². The molecule has 2 nitrogen and oxygen atoms in total. The van der Waals surface area contributed by atoms with E-state index in [-0.39, 0.29) is 0 Å². The standard InChI is InChI=1S/C15H9Cl3N2/c16-12-3-1-2-10(6-12)11-8-19-20(9-11)15-5-4-13(17)7-14(15)18/h1-9H. The van der Waals surface area contributed by atoms with Crippen LogP contribution in [0.3, 0.4) is 0 Å². The van der Waals surface area contributed by atoms with Gasteiger partial charge in [0, 0.05) is 21.8 Å². The molecule has 0 fully saturated rings. The summed E-state index contributed by atoms with van der Waals surface area (Å²) in [5, 5.41) is 6.18. The first-order chi connectivity index (χ1) is 9.63. The zero-order chi connectivity index (χ0) is 14.1. The average molecular weight is 324 g/mol. The molecule has 0 saturated carbocycles. The molecule has 0 saturated heterocycles. The van der Waals surface area contributed by atoms with Crippen LogP contribution in [0.4, 0.5) is 0 Å². The minimum absolute atomic E-state index is 0.554. The molecule has 0 spiro atoms. The van der Waals surface area contributed by atoms with Gasteiger partial charge >= 0.3 is 0 Å². The van der Waals surface area contributed by atoms with Gasteiger partial charge < -0.3 is 0 Å². The van der Waals surface area contributed by atoms with Crippen LogP contribution >= 0.6 is 34.8 Å². The molecule has 0 N–H and O–H groups in total. The Morgan fingerprint density at radius 1 is 0.850 bits per heavy atom. The summed E-state index contributed by atoms with van der Waals surface area (Å²) >= 11 is 18.1. The molecule has 20 heavy (non-hydrogen) atoms. The Bertz CT molecular complexity index is 765. The lowest BCUT2D eigenvalue weighted by Gasteiger charge is -2.04. The number of nitrogens with zero attached hydrogens (tertiary/aromatic N) is 2. The van der Waals surface area contributed by atoms with E-state index in [0.717, 1.165) is 16.8 Å². The van der Waals surface area contributed by atoms with Gasteiger partial charge in [0.05, 0.1) is 16.9 Å². The maximum atomic E-state index is 6.18. The Kier molecular flexibility index (Phi) is 3.70. The maximum absolute atomic E-state index is 6.18. The van der Waals surface area contributed by atoms with Crippen LogP contribution in [0.15, 0.2) is 54.9 Å². The molecule has 0 atom stereocenters. The highest BCUT2D eigenvalue weighted by atomic mass is 35.5. The van der Waals surface area contributed by atoms with Crippen molar-refractivity contribution < 1.29 is 0 Å². The third-order valence-corrected chi connectivity index (χ3v) is 3.67. The Morgan fingerprint density at radius 2 is 1.65 bits per heavy atom. The van der Waals surface area contributed by atoms with Crippen LogP contribution < -0.4 is 0 Å². The second kappa shape index (κ2) is 5.49. The molecule has 0 aliphatic heterocycles. The van der Waals surface area contributed by atoms with E-state index in [1.807, 2.05) is 36.5 Å². The topological polar surface area (TPSA) is 17.8 Å². The summed E-state index contributed by atoms with van der Waals surface area (Å²) in [4.78, 5) is 0. The van der Waals surface area contributed by atoms with E-state index >= 15 is 0 Å². The molecule has 5 heteroatoms. The lowest BCUT2D eigenvalue weighted by Crippen LogP contribution is -1.94. The van der Waals surface area contributed by atoms with E-state index < -0.39 is 0 Å². The molecule has 1 heterocycles. The molecule has 3 aromatic rings. The zero-order valence-corrected chi connectivity index (χ0v) is 12.5. The van der Waals surface area contributed by atoms with Gasteiger partial charge in [0.1, 0.15) is 0 Å². The average Bonchev–Trinajstić information content (AvgIpc) is 2.88. The highest BCUT2D eigenvalue weighted by Gasteiger charge is 2.07. The quantitative estimate of drug-likeness (QED) is 0.609. The number of benzene rings is 2. The van der Waals surface area contributed by atoms with Crippen molar-refractivity contribution in [2.24, 2.45) is 0 Å². The summed E-state index contributed by atoms with van der Waals surface area (Å²) in [6, 6.07) is 12.9. The third kappa shape index (κ3) is 2.68. The molecule has 100 valence electrons. The van der Waals surface area contributed by atoms with Gasteiger partial charge in [-0.3, -0.25) is 0 Å². The van der Waals surface area contributed by atoms with Crippen LogP contribution in [-0.2, 0) is 0 Å². The maximum Gasteiger partial charge on any atom is 0.0833 e. The summed E-state index contributed by atoms with van der Waals surface area (Å²) in [6.45, 7) is 0. The van der Waals surface area contributed by atoms with Gasteiger partial charge in [0.25, 0.3) is 0 Å². The van der Waals surface area contributed by atoms with Gasteiger partial charge in [-0.2, -0.15) is 5.10 Å². The minimum Gasteiger partial charge on any atom is -0.239 e. The van der Waals surface area contributed by atoms with Crippen molar-refractivity contribution in [2.75, 3.05) is 0 Å². The number of hydrogen-bond acceptors (Lipinski definition) is 1. The van der Waals surface area contributed by atoms with E-state index in [2.05, 4.69) is 5.10 Å². The van der Waals surface area contributed by atoms with E-state index in [4.69, 9.17) is 34.8 Å². The third-order valence-electron chi connectivity index (χ3n) is 2.90. The molecule has 0 bridgehead atoms. The van der Waals surface area contributed by atoms with Gasteiger partial charge in [0.2, 0.25) is 0 Å². The van der Waals surface area contributed by atoms with E-state index in [0.29, 0.717) is 15.1 Å². The molecule has 0 aliphatic rings. The summed E-state index contributed by atoms with van der Waals surface area (Å²) in [6.07, 6.45) is 3.68. The molecule has 0 radical (unpaired) electrons. The van der Waals surface area contributed by atoms with Crippen molar-refractivity contribution >= 4 is 34.8 Å². The summed E-state index contributed by atoms with van der Waals surface area (Å²) in [7, 11) is 0. The highest BCUT2D eigenvalue weighted by Crippen LogP contribution is 2.27. The first-order valence-corrected chi connectivity index (χ1v) is 7.03. The first-order valence-electron chi connectivity index (χ1n) is 5.89. The Labute approximate surface area is 131 Å². The fourth-order valence-electron chi connectivity index (χ4n) is 1.94.